The number of carboxylic acid groups (broad SMARTS) is 1. The second-order valence-electron chi connectivity index (χ2n) is 7.17. The molecular formula is C17H20F3N3O5S. The molecule has 1 saturated carbocycles. The van der Waals surface area contributed by atoms with Crippen molar-refractivity contribution in [1.29, 1.82) is 0 Å². The van der Waals surface area contributed by atoms with Gasteiger partial charge >= 0.3 is 12.1 Å². The van der Waals surface area contributed by atoms with Crippen LogP contribution in [0.5, 0.6) is 0 Å². The summed E-state index contributed by atoms with van der Waals surface area (Å²) in [6.45, 7) is 1.07. The van der Waals surface area contributed by atoms with Crippen molar-refractivity contribution in [3.8, 4) is 0 Å². The monoisotopic (exact) mass is 435 g/mol. The second kappa shape index (κ2) is 7.90. The molecule has 8 nitrogen and oxygen atoms in total. The van der Waals surface area contributed by atoms with E-state index >= 15 is 0 Å². The largest absolute Gasteiger partial charge is 0.490 e. The highest BCUT2D eigenvalue weighted by Crippen LogP contribution is 2.40. The lowest BCUT2D eigenvalue weighted by Gasteiger charge is -2.25. The van der Waals surface area contributed by atoms with Gasteiger partial charge in [0.15, 0.2) is 0 Å². The van der Waals surface area contributed by atoms with Crippen molar-refractivity contribution >= 4 is 21.9 Å². The second-order valence-corrected chi connectivity index (χ2v) is 9.33. The van der Waals surface area contributed by atoms with Gasteiger partial charge in [0.05, 0.1) is 17.3 Å². The zero-order chi connectivity index (χ0) is 21.4. The first kappa shape index (κ1) is 21.5. The first-order valence-electron chi connectivity index (χ1n) is 9.01. The Morgan fingerprint density at radius 2 is 1.90 bits per heavy atom. The van der Waals surface area contributed by atoms with Gasteiger partial charge < -0.3 is 10.0 Å². The highest BCUT2D eigenvalue weighted by Gasteiger charge is 2.53. The van der Waals surface area contributed by atoms with Crippen molar-refractivity contribution in [2.24, 2.45) is 0 Å². The van der Waals surface area contributed by atoms with Crippen LogP contribution in [0.2, 0.25) is 0 Å². The number of amides is 1. The Hall–Kier alpha value is -2.21. The molecule has 3 heterocycles. The van der Waals surface area contributed by atoms with Crippen molar-refractivity contribution < 1.29 is 36.3 Å². The zero-order valence-electron chi connectivity index (χ0n) is 15.2. The molecule has 2 saturated heterocycles. The highest BCUT2D eigenvalue weighted by molar-refractivity contribution is 7.90. The van der Waals surface area contributed by atoms with Gasteiger partial charge in [-0.2, -0.15) is 17.5 Å². The average Bonchev–Trinajstić information content (AvgIpc) is 3.36. The Kier molecular flexibility index (Phi) is 5.86. The Morgan fingerprint density at radius 3 is 2.41 bits per heavy atom. The predicted molar refractivity (Wildman–Crippen MR) is 93.9 cm³/mol. The van der Waals surface area contributed by atoms with E-state index in [1.54, 1.807) is 16.7 Å². The fourth-order valence-electron chi connectivity index (χ4n) is 3.66. The minimum Gasteiger partial charge on any atom is -0.475 e. The van der Waals surface area contributed by atoms with E-state index in [0.717, 1.165) is 24.8 Å². The summed E-state index contributed by atoms with van der Waals surface area (Å²) in [4.78, 5) is 27.1. The first-order valence-corrected chi connectivity index (χ1v) is 10.5. The number of hydrogen-bond acceptors (Lipinski definition) is 5. The van der Waals surface area contributed by atoms with E-state index in [2.05, 4.69) is 4.98 Å². The number of fused-ring (bicyclic) bond motifs is 1. The van der Waals surface area contributed by atoms with Gasteiger partial charge in [0.25, 0.3) is 0 Å². The topological polar surface area (TPSA) is 108 Å². The van der Waals surface area contributed by atoms with Crippen molar-refractivity contribution in [3.05, 3.63) is 30.1 Å². The van der Waals surface area contributed by atoms with Crippen molar-refractivity contribution in [2.45, 2.75) is 55.7 Å². The summed E-state index contributed by atoms with van der Waals surface area (Å²) < 4.78 is 58.3. The molecule has 1 aromatic rings. The van der Waals surface area contributed by atoms with Gasteiger partial charge in [0.1, 0.15) is 0 Å². The lowest BCUT2D eigenvalue weighted by atomic mass is 10.1. The van der Waals surface area contributed by atoms with Crippen molar-refractivity contribution in [3.63, 3.8) is 0 Å². The van der Waals surface area contributed by atoms with Gasteiger partial charge in [0.2, 0.25) is 15.9 Å². The first-order chi connectivity index (χ1) is 13.5. The summed E-state index contributed by atoms with van der Waals surface area (Å²) >= 11 is 0. The summed E-state index contributed by atoms with van der Waals surface area (Å²) in [6.07, 6.45) is 0.971. The molecule has 3 fully saturated rings. The molecule has 3 aliphatic rings. The molecule has 0 radical (unpaired) electrons. The Labute approximate surface area is 165 Å². The third-order valence-corrected chi connectivity index (χ3v) is 7.58. The summed E-state index contributed by atoms with van der Waals surface area (Å²) in [5, 5.41) is 6.92. The van der Waals surface area contributed by atoms with Crippen LogP contribution in [0.4, 0.5) is 13.2 Å². The number of alkyl halides is 3. The summed E-state index contributed by atoms with van der Waals surface area (Å²) in [5.41, 5.74) is 0.986. The number of aliphatic carboxylic acids is 1. The number of hydrogen-bond donors (Lipinski definition) is 1. The minimum absolute atomic E-state index is 0.0150. The van der Waals surface area contributed by atoms with E-state index < -0.39 is 22.2 Å². The van der Waals surface area contributed by atoms with Gasteiger partial charge in [-0.1, -0.05) is 6.07 Å². The Morgan fingerprint density at radius 1 is 1.24 bits per heavy atom. The number of nitrogens with zero attached hydrogens (tertiary/aromatic N) is 3. The number of sulfonamides is 1. The fraction of sp³-hybridized carbons (Fsp3) is 0.588. The number of likely N-dealkylation sites (tertiary alicyclic amines) is 1. The van der Waals surface area contributed by atoms with Gasteiger partial charge in [-0.05, 0) is 30.9 Å². The molecule has 160 valence electrons. The number of carboxylic acids is 1. The standard InChI is InChI=1S/C15H19N3O3S.C2HF3O2/c19-15-8-14-13(17(15)10-11-2-1-6-16-9-11)5-7-18(14)22(20,21)12-3-4-12;3-2(4,5)1(6)7/h1-2,6,9,12-14H,3-5,7-8,10H2;(H,6,7)/t13-,14+;/m0./s1. The fourth-order valence-corrected chi connectivity index (χ4v) is 5.73. The van der Waals surface area contributed by atoms with Crippen LogP contribution in [0.3, 0.4) is 0 Å². The Bertz CT molecular complexity index is 874. The van der Waals surface area contributed by atoms with Crippen LogP contribution >= 0.6 is 0 Å². The molecule has 1 N–H and O–H groups in total. The van der Waals surface area contributed by atoms with E-state index in [-0.39, 0.29) is 23.2 Å². The molecule has 0 unspecified atom stereocenters. The molecule has 4 rings (SSSR count). The molecule has 2 aliphatic heterocycles. The van der Waals surface area contributed by atoms with Gasteiger partial charge in [-0.15, -0.1) is 0 Å². The number of aromatic nitrogens is 1. The molecule has 1 aliphatic carbocycles. The van der Waals surface area contributed by atoms with E-state index in [4.69, 9.17) is 9.90 Å². The van der Waals surface area contributed by atoms with E-state index in [1.807, 2.05) is 17.0 Å². The van der Waals surface area contributed by atoms with Crippen LogP contribution in [0, 0.1) is 0 Å². The van der Waals surface area contributed by atoms with E-state index in [1.165, 1.54) is 0 Å². The SMILES string of the molecule is O=C(O)C(F)(F)F.O=C1C[C@@H]2[C@H](CCN2S(=O)(=O)C2CC2)N1Cc1cccnc1. The summed E-state index contributed by atoms with van der Waals surface area (Å²) in [6, 6.07) is 3.64. The molecule has 29 heavy (non-hydrogen) atoms. The number of rotatable bonds is 4. The average molecular weight is 435 g/mol. The zero-order valence-corrected chi connectivity index (χ0v) is 16.1. The predicted octanol–water partition coefficient (Wildman–Crippen LogP) is 1.38. The maximum absolute atomic E-state index is 12.5. The third kappa shape index (κ3) is 4.69. The van der Waals surface area contributed by atoms with Crippen LogP contribution in [0.25, 0.3) is 0 Å². The van der Waals surface area contributed by atoms with Gasteiger partial charge in [0, 0.05) is 31.9 Å². The van der Waals surface area contributed by atoms with Crippen LogP contribution in [-0.2, 0) is 26.2 Å². The van der Waals surface area contributed by atoms with Crippen LogP contribution in [0.15, 0.2) is 24.5 Å². The molecule has 1 amide bonds. The number of halogens is 3. The molecule has 0 spiro atoms. The van der Waals surface area contributed by atoms with Crippen molar-refractivity contribution in [2.75, 3.05) is 6.54 Å². The van der Waals surface area contributed by atoms with Crippen LogP contribution in [-0.4, -0.2) is 69.6 Å². The molecule has 0 aromatic carbocycles. The van der Waals surface area contributed by atoms with Crippen molar-refractivity contribution in [1.82, 2.24) is 14.2 Å². The number of carbonyl (C=O) groups excluding carboxylic acids is 1. The normalized spacial score (nSPS) is 24.8. The van der Waals surface area contributed by atoms with Crippen LogP contribution in [0.1, 0.15) is 31.2 Å². The maximum atomic E-state index is 12.5. The summed E-state index contributed by atoms with van der Waals surface area (Å²) in [5.74, 6) is -2.71. The molecular weight excluding hydrogens is 415 g/mol. The molecule has 1 aromatic heterocycles. The van der Waals surface area contributed by atoms with E-state index in [0.29, 0.717) is 19.5 Å². The quantitative estimate of drug-likeness (QED) is 0.766. The van der Waals surface area contributed by atoms with E-state index in [9.17, 15) is 26.4 Å². The molecule has 0 bridgehead atoms. The maximum Gasteiger partial charge on any atom is 0.490 e. The lowest BCUT2D eigenvalue weighted by molar-refractivity contribution is -0.192. The minimum atomic E-state index is -5.08. The number of pyridine rings is 1. The smallest absolute Gasteiger partial charge is 0.475 e. The molecule has 2 atom stereocenters. The van der Waals surface area contributed by atoms with Gasteiger partial charge in [-0.25, -0.2) is 13.2 Å². The van der Waals surface area contributed by atoms with Crippen LogP contribution < -0.4 is 0 Å². The lowest BCUT2D eigenvalue weighted by Crippen LogP contribution is -2.41. The third-order valence-electron chi connectivity index (χ3n) is 5.15. The molecule has 12 heteroatoms. The van der Waals surface area contributed by atoms with Gasteiger partial charge in [-0.3, -0.25) is 9.78 Å². The highest BCUT2D eigenvalue weighted by atomic mass is 32.2. The summed E-state index contributed by atoms with van der Waals surface area (Å²) in [7, 11) is -3.20. The Balaban J connectivity index is 0.000000298. The number of carbonyl (C=O) groups is 2.